The van der Waals surface area contributed by atoms with Crippen molar-refractivity contribution in [2.45, 2.75) is 51.4 Å². The molecular weight excluding hydrogens is 296 g/mol. The number of esters is 1. The molecule has 0 aliphatic carbocycles. The average Bonchev–Trinajstić information content (AvgIpc) is 2.43. The van der Waals surface area contributed by atoms with E-state index >= 15 is 0 Å². The Balaban J connectivity index is 4.39. The Hall–Kier alpha value is -1.46. The molecule has 0 aromatic rings. The monoisotopic (exact) mass is 324 g/mol. The van der Waals surface area contributed by atoms with Gasteiger partial charge in [-0.25, -0.2) is 4.79 Å². The summed E-state index contributed by atoms with van der Waals surface area (Å²) < 4.78 is 10.5. The van der Waals surface area contributed by atoms with Crippen LogP contribution in [0.4, 0.5) is 0 Å². The summed E-state index contributed by atoms with van der Waals surface area (Å²) in [4.78, 5) is 22.0. The normalized spacial score (nSPS) is 14.8. The molecule has 4 nitrogen and oxygen atoms in total. The second kappa shape index (κ2) is 9.53. The van der Waals surface area contributed by atoms with E-state index < -0.39 is 20.4 Å². The van der Waals surface area contributed by atoms with Crippen LogP contribution in [0.2, 0.25) is 18.1 Å². The maximum Gasteiger partial charge on any atom is 0.330 e. The van der Waals surface area contributed by atoms with Gasteiger partial charge in [0, 0.05) is 6.08 Å². The summed E-state index contributed by atoms with van der Waals surface area (Å²) in [6, 6.07) is 0. The summed E-state index contributed by atoms with van der Waals surface area (Å²) in [7, 11) is -0.601. The SMILES string of the molecule is COC(=O)/C=C/C=C/C=C/C[C@@H](C=O)O[Si](C)(C)C(C)(C)C. The van der Waals surface area contributed by atoms with E-state index in [-0.39, 0.29) is 5.04 Å². The van der Waals surface area contributed by atoms with E-state index in [1.807, 2.05) is 12.2 Å². The van der Waals surface area contributed by atoms with Gasteiger partial charge in [-0.1, -0.05) is 51.2 Å². The van der Waals surface area contributed by atoms with Crippen molar-refractivity contribution >= 4 is 20.6 Å². The summed E-state index contributed by atoms with van der Waals surface area (Å²) >= 11 is 0. The molecule has 0 heterocycles. The number of hydrogen-bond acceptors (Lipinski definition) is 4. The van der Waals surface area contributed by atoms with E-state index in [9.17, 15) is 9.59 Å². The lowest BCUT2D eigenvalue weighted by Gasteiger charge is -2.37. The quantitative estimate of drug-likeness (QED) is 0.224. The molecule has 0 saturated carbocycles. The lowest BCUT2D eigenvalue weighted by atomic mass is 10.2. The van der Waals surface area contributed by atoms with Gasteiger partial charge in [0.05, 0.1) is 7.11 Å². The molecule has 0 aromatic carbocycles. The van der Waals surface area contributed by atoms with E-state index in [0.29, 0.717) is 6.42 Å². The Kier molecular flexibility index (Phi) is 8.90. The summed E-state index contributed by atoms with van der Waals surface area (Å²) in [6.07, 6.45) is 11.1. The van der Waals surface area contributed by atoms with Crippen LogP contribution in [-0.4, -0.2) is 33.8 Å². The van der Waals surface area contributed by atoms with Crippen LogP contribution in [0, 0.1) is 0 Å². The van der Waals surface area contributed by atoms with Crippen molar-refractivity contribution in [2.75, 3.05) is 7.11 Å². The fourth-order valence-electron chi connectivity index (χ4n) is 1.31. The molecule has 0 radical (unpaired) electrons. The number of carbonyl (C=O) groups excluding carboxylic acids is 2. The predicted octanol–water partition coefficient (Wildman–Crippen LogP) is 3.81. The molecule has 0 rings (SSSR count). The van der Waals surface area contributed by atoms with Gasteiger partial charge in [0.2, 0.25) is 0 Å². The van der Waals surface area contributed by atoms with Gasteiger partial charge >= 0.3 is 5.97 Å². The lowest BCUT2D eigenvalue weighted by molar-refractivity contribution is -0.134. The van der Waals surface area contributed by atoms with Crippen LogP contribution in [0.5, 0.6) is 0 Å². The third kappa shape index (κ3) is 8.10. The van der Waals surface area contributed by atoms with Crippen LogP contribution in [0.25, 0.3) is 0 Å². The molecule has 0 spiro atoms. The molecule has 0 aliphatic rings. The van der Waals surface area contributed by atoms with Gasteiger partial charge in [-0.15, -0.1) is 0 Å². The maximum atomic E-state index is 11.2. The average molecular weight is 324 g/mol. The predicted molar refractivity (Wildman–Crippen MR) is 92.2 cm³/mol. The Morgan fingerprint density at radius 3 is 2.23 bits per heavy atom. The van der Waals surface area contributed by atoms with E-state index in [4.69, 9.17) is 4.43 Å². The topological polar surface area (TPSA) is 52.6 Å². The van der Waals surface area contributed by atoms with Crippen molar-refractivity contribution < 1.29 is 18.8 Å². The largest absolute Gasteiger partial charge is 0.466 e. The van der Waals surface area contributed by atoms with Gasteiger partial charge in [0.1, 0.15) is 12.4 Å². The molecule has 0 bridgehead atoms. The first kappa shape index (κ1) is 20.5. The highest BCUT2D eigenvalue weighted by Gasteiger charge is 2.38. The zero-order chi connectivity index (χ0) is 17.2. The maximum absolute atomic E-state index is 11.2. The molecule has 22 heavy (non-hydrogen) atoms. The van der Waals surface area contributed by atoms with Crippen molar-refractivity contribution in [3.05, 3.63) is 36.5 Å². The third-order valence-corrected chi connectivity index (χ3v) is 8.18. The molecule has 0 N–H and O–H groups in total. The van der Waals surface area contributed by atoms with Gasteiger partial charge in [0.25, 0.3) is 0 Å². The highest BCUT2D eigenvalue weighted by molar-refractivity contribution is 6.74. The number of allylic oxidation sites excluding steroid dienone is 4. The van der Waals surface area contributed by atoms with Crippen molar-refractivity contribution in [3.8, 4) is 0 Å². The van der Waals surface area contributed by atoms with Crippen molar-refractivity contribution in [2.24, 2.45) is 0 Å². The molecular formula is C17H28O4Si. The smallest absolute Gasteiger partial charge is 0.330 e. The Morgan fingerprint density at radius 1 is 1.14 bits per heavy atom. The summed E-state index contributed by atoms with van der Waals surface area (Å²) in [5, 5.41) is 0.0799. The minimum absolute atomic E-state index is 0.0799. The third-order valence-electron chi connectivity index (χ3n) is 3.68. The molecule has 0 saturated heterocycles. The Labute approximate surface area is 135 Å². The van der Waals surface area contributed by atoms with Crippen LogP contribution in [0.3, 0.4) is 0 Å². The van der Waals surface area contributed by atoms with Gasteiger partial charge in [-0.2, -0.15) is 0 Å². The zero-order valence-electron chi connectivity index (χ0n) is 14.5. The minimum atomic E-state index is -1.93. The molecule has 0 aliphatic heterocycles. The van der Waals surface area contributed by atoms with Gasteiger partial charge in [0.15, 0.2) is 8.32 Å². The number of aldehydes is 1. The van der Waals surface area contributed by atoms with Gasteiger partial charge in [-0.3, -0.25) is 0 Å². The van der Waals surface area contributed by atoms with Crippen LogP contribution in [0.15, 0.2) is 36.5 Å². The summed E-state index contributed by atoms with van der Waals surface area (Å²) in [6.45, 7) is 10.7. The van der Waals surface area contributed by atoms with E-state index in [0.717, 1.165) is 6.29 Å². The van der Waals surface area contributed by atoms with Crippen LogP contribution < -0.4 is 0 Å². The minimum Gasteiger partial charge on any atom is -0.466 e. The first-order chi connectivity index (χ1) is 10.1. The van der Waals surface area contributed by atoms with Crippen LogP contribution in [-0.2, 0) is 18.8 Å². The Morgan fingerprint density at radius 2 is 1.73 bits per heavy atom. The fraction of sp³-hybridized carbons (Fsp3) is 0.529. The second-order valence-corrected chi connectivity index (χ2v) is 11.2. The zero-order valence-corrected chi connectivity index (χ0v) is 15.5. The van der Waals surface area contributed by atoms with E-state index in [1.54, 1.807) is 18.2 Å². The second-order valence-electron chi connectivity index (χ2n) is 6.48. The summed E-state index contributed by atoms with van der Waals surface area (Å²) in [5.41, 5.74) is 0. The molecule has 5 heteroatoms. The first-order valence-electron chi connectivity index (χ1n) is 7.35. The van der Waals surface area contributed by atoms with Crippen LogP contribution in [0.1, 0.15) is 27.2 Å². The number of carbonyl (C=O) groups is 2. The number of ether oxygens (including phenoxy) is 1. The van der Waals surface area contributed by atoms with Gasteiger partial charge < -0.3 is 14.0 Å². The number of hydrogen-bond donors (Lipinski definition) is 0. The molecule has 0 fully saturated rings. The van der Waals surface area contributed by atoms with Gasteiger partial charge in [-0.05, 0) is 24.6 Å². The first-order valence-corrected chi connectivity index (χ1v) is 10.3. The van der Waals surface area contributed by atoms with Crippen molar-refractivity contribution in [3.63, 3.8) is 0 Å². The molecule has 0 unspecified atom stereocenters. The fourth-order valence-corrected chi connectivity index (χ4v) is 2.57. The van der Waals surface area contributed by atoms with Crippen molar-refractivity contribution in [1.82, 2.24) is 0 Å². The van der Waals surface area contributed by atoms with E-state index in [2.05, 4.69) is 38.6 Å². The molecule has 0 aromatic heterocycles. The highest BCUT2D eigenvalue weighted by Crippen LogP contribution is 2.37. The van der Waals surface area contributed by atoms with Crippen molar-refractivity contribution in [1.29, 1.82) is 0 Å². The highest BCUT2D eigenvalue weighted by atomic mass is 28.4. The Bertz CT molecular complexity index is 442. The number of rotatable bonds is 8. The molecule has 1 atom stereocenters. The van der Waals surface area contributed by atoms with Crippen LogP contribution >= 0.6 is 0 Å². The number of methoxy groups -OCH3 is 1. The molecule has 0 amide bonds. The lowest BCUT2D eigenvalue weighted by Crippen LogP contribution is -2.44. The standard InChI is InChI=1S/C17H28O4Si/c1-17(2,3)22(5,6)21-15(14-18)12-10-8-7-9-11-13-16(19)20-4/h7-11,13-15H,12H2,1-6H3/b9-7+,10-8+,13-11+/t15-/m0/s1. The van der Waals surface area contributed by atoms with E-state index in [1.165, 1.54) is 13.2 Å². The molecule has 124 valence electrons. The summed E-state index contributed by atoms with van der Waals surface area (Å²) in [5.74, 6) is -0.391.